The number of carbonyl (C=O) groups excluding carboxylic acids is 1. The van der Waals surface area contributed by atoms with E-state index in [-0.39, 0.29) is 32.8 Å². The largest absolute Gasteiger partial charge is 0.298 e. The molecule has 2 aromatic heterocycles. The van der Waals surface area contributed by atoms with Crippen LogP contribution in [0.2, 0.25) is 4.34 Å². The van der Waals surface area contributed by atoms with E-state index in [1.54, 1.807) is 18.2 Å². The van der Waals surface area contributed by atoms with Gasteiger partial charge in [0.2, 0.25) is 0 Å². The van der Waals surface area contributed by atoms with Crippen LogP contribution in [0.15, 0.2) is 63.7 Å². The molecule has 10 heteroatoms. The summed E-state index contributed by atoms with van der Waals surface area (Å²) in [6.07, 6.45) is 0.983. The number of carbonyl (C=O) groups is 1. The first-order chi connectivity index (χ1) is 16.1. The van der Waals surface area contributed by atoms with E-state index < -0.39 is 32.7 Å². The van der Waals surface area contributed by atoms with Gasteiger partial charge in [-0.05, 0) is 48.9 Å². The van der Waals surface area contributed by atoms with E-state index >= 15 is 0 Å². The average molecular weight is 515 g/mol. The van der Waals surface area contributed by atoms with Crippen LogP contribution in [0, 0.1) is 24.1 Å². The molecule has 0 amide bonds. The Kier molecular flexibility index (Phi) is 6.41. The summed E-state index contributed by atoms with van der Waals surface area (Å²) in [5.74, 6) is -2.13. The minimum absolute atomic E-state index is 0.00783. The molecule has 0 saturated carbocycles. The minimum atomic E-state index is -3.84. The Morgan fingerprint density at radius 2 is 1.91 bits per heavy atom. The lowest BCUT2D eigenvalue weighted by Crippen LogP contribution is -2.20. The van der Waals surface area contributed by atoms with Crippen LogP contribution in [0.1, 0.15) is 16.7 Å². The highest BCUT2D eigenvalue weighted by Crippen LogP contribution is 2.27. The molecule has 0 spiro atoms. The summed E-state index contributed by atoms with van der Waals surface area (Å²) in [6.45, 7) is 1.84. The monoisotopic (exact) mass is 514 g/mol. The first-order valence-corrected chi connectivity index (χ1v) is 12.8. The van der Waals surface area contributed by atoms with Gasteiger partial charge < -0.3 is 0 Å². The van der Waals surface area contributed by atoms with Crippen molar-refractivity contribution in [3.05, 3.63) is 91.9 Å². The van der Waals surface area contributed by atoms with E-state index in [0.29, 0.717) is 9.72 Å². The summed E-state index contributed by atoms with van der Waals surface area (Å²) in [4.78, 5) is 25.3. The van der Waals surface area contributed by atoms with E-state index in [1.165, 1.54) is 30.5 Å². The first kappa shape index (κ1) is 23.8. The predicted octanol–water partition coefficient (Wildman–Crippen LogP) is 4.61. The van der Waals surface area contributed by atoms with Gasteiger partial charge in [-0.1, -0.05) is 29.3 Å². The number of aromatic nitrogens is 1. The summed E-state index contributed by atoms with van der Waals surface area (Å²) in [6, 6.07) is 13.7. The van der Waals surface area contributed by atoms with Gasteiger partial charge in [0.1, 0.15) is 21.8 Å². The molecular formula is C24H16ClFN2O4S2. The van der Waals surface area contributed by atoms with Crippen molar-refractivity contribution >= 4 is 49.3 Å². The van der Waals surface area contributed by atoms with Crippen molar-refractivity contribution in [2.45, 2.75) is 17.6 Å². The zero-order valence-electron chi connectivity index (χ0n) is 17.7. The second-order valence-electron chi connectivity index (χ2n) is 7.70. The van der Waals surface area contributed by atoms with Gasteiger partial charge in [-0.2, -0.15) is 5.26 Å². The fraction of sp³-hybridized carbons (Fsp3) is 0.125. The number of benzene rings is 2. The zero-order valence-corrected chi connectivity index (χ0v) is 20.1. The Bertz CT molecular complexity index is 1670. The number of hydrogen-bond acceptors (Lipinski definition) is 6. The lowest BCUT2D eigenvalue weighted by molar-refractivity contribution is -0.116. The molecule has 34 heavy (non-hydrogen) atoms. The molecule has 0 unspecified atom stereocenters. The van der Waals surface area contributed by atoms with E-state index in [0.717, 1.165) is 27.5 Å². The van der Waals surface area contributed by atoms with Crippen molar-refractivity contribution < 1.29 is 17.6 Å². The molecular weight excluding hydrogens is 499 g/mol. The number of ketones is 1. The number of sulfone groups is 1. The number of fused-ring (bicyclic) bond motifs is 1. The number of Topliss-reactive ketones (excluding diaryl/α,β-unsaturated/α-hetero) is 1. The van der Waals surface area contributed by atoms with Crippen molar-refractivity contribution in [3.63, 3.8) is 0 Å². The van der Waals surface area contributed by atoms with Gasteiger partial charge in [-0.3, -0.25) is 14.2 Å². The van der Waals surface area contributed by atoms with Crippen molar-refractivity contribution in [3.8, 4) is 11.8 Å². The van der Waals surface area contributed by atoms with Gasteiger partial charge in [0.25, 0.3) is 5.56 Å². The minimum Gasteiger partial charge on any atom is -0.298 e. The molecule has 0 N–H and O–H groups in total. The third-order valence-corrected chi connectivity index (χ3v) is 8.66. The quantitative estimate of drug-likeness (QED) is 0.374. The Morgan fingerprint density at radius 3 is 2.56 bits per heavy atom. The van der Waals surface area contributed by atoms with Crippen LogP contribution in [0.25, 0.3) is 16.5 Å². The third kappa shape index (κ3) is 4.66. The normalized spacial score (nSPS) is 11.5. The first-order valence-electron chi connectivity index (χ1n) is 9.94. The molecule has 2 aromatic carbocycles. The lowest BCUT2D eigenvalue weighted by atomic mass is 10.0. The fourth-order valence-electron chi connectivity index (χ4n) is 3.60. The second-order valence-corrected chi connectivity index (χ2v) is 11.6. The summed E-state index contributed by atoms with van der Waals surface area (Å²) in [7, 11) is -3.84. The molecule has 2 heterocycles. The number of pyridine rings is 1. The molecule has 0 bridgehead atoms. The Morgan fingerprint density at radius 1 is 1.15 bits per heavy atom. The van der Waals surface area contributed by atoms with E-state index in [4.69, 9.17) is 11.6 Å². The maximum Gasteiger partial charge on any atom is 0.263 e. The van der Waals surface area contributed by atoms with Crippen molar-refractivity contribution in [1.82, 2.24) is 4.57 Å². The van der Waals surface area contributed by atoms with Gasteiger partial charge in [0.15, 0.2) is 15.6 Å². The Labute approximate surface area is 203 Å². The topological polar surface area (TPSA) is 97.0 Å². The van der Waals surface area contributed by atoms with Crippen LogP contribution in [0.4, 0.5) is 4.39 Å². The predicted molar refractivity (Wildman–Crippen MR) is 129 cm³/mol. The molecule has 0 atom stereocenters. The maximum atomic E-state index is 15.0. The van der Waals surface area contributed by atoms with Gasteiger partial charge in [-0.15, -0.1) is 11.3 Å². The molecule has 0 fully saturated rings. The van der Waals surface area contributed by atoms with Gasteiger partial charge in [-0.25, -0.2) is 12.8 Å². The lowest BCUT2D eigenvalue weighted by Gasteiger charge is -2.11. The highest BCUT2D eigenvalue weighted by Gasteiger charge is 2.22. The molecule has 4 aromatic rings. The SMILES string of the molecule is Cc1ccc2c(=O)n(-c3ccc(CC(=O)CS(=O)(=O)c4ccc(Cl)s4)cc3F)cc(C#N)c2c1. The second kappa shape index (κ2) is 9.14. The van der Waals surface area contributed by atoms with Gasteiger partial charge in [0, 0.05) is 23.4 Å². The number of nitrogens with zero attached hydrogens (tertiary/aromatic N) is 2. The van der Waals surface area contributed by atoms with Crippen LogP contribution in [0.5, 0.6) is 0 Å². The molecule has 172 valence electrons. The molecule has 0 aliphatic carbocycles. The van der Waals surface area contributed by atoms with Crippen molar-refractivity contribution in [1.29, 1.82) is 5.26 Å². The van der Waals surface area contributed by atoms with Crippen molar-refractivity contribution in [2.75, 3.05) is 5.75 Å². The fourth-order valence-corrected chi connectivity index (χ4v) is 6.42. The summed E-state index contributed by atoms with van der Waals surface area (Å²) in [5.41, 5.74) is 0.787. The highest BCUT2D eigenvalue weighted by molar-refractivity contribution is 7.94. The van der Waals surface area contributed by atoms with Crippen LogP contribution in [-0.4, -0.2) is 24.5 Å². The number of hydrogen-bond donors (Lipinski definition) is 0. The van der Waals surface area contributed by atoms with Crippen molar-refractivity contribution in [2.24, 2.45) is 0 Å². The van der Waals surface area contributed by atoms with Crippen LogP contribution >= 0.6 is 22.9 Å². The average Bonchev–Trinajstić information content (AvgIpc) is 3.21. The molecule has 0 aliphatic rings. The molecule has 0 radical (unpaired) electrons. The van der Waals surface area contributed by atoms with Gasteiger partial charge >= 0.3 is 0 Å². The number of thiophene rings is 1. The highest BCUT2D eigenvalue weighted by atomic mass is 35.5. The van der Waals surface area contributed by atoms with E-state index in [9.17, 15) is 27.7 Å². The Balaban J connectivity index is 1.63. The number of halogens is 2. The van der Waals surface area contributed by atoms with Gasteiger partial charge in [0.05, 0.1) is 15.6 Å². The van der Waals surface area contributed by atoms with E-state index in [1.807, 2.05) is 13.0 Å². The smallest absolute Gasteiger partial charge is 0.263 e. The molecule has 6 nitrogen and oxygen atoms in total. The third-order valence-electron chi connectivity index (χ3n) is 5.17. The number of rotatable bonds is 6. The van der Waals surface area contributed by atoms with E-state index in [2.05, 4.69) is 0 Å². The molecule has 0 saturated heterocycles. The van der Waals surface area contributed by atoms with Crippen LogP contribution in [0.3, 0.4) is 0 Å². The summed E-state index contributed by atoms with van der Waals surface area (Å²) in [5, 5.41) is 10.3. The zero-order chi connectivity index (χ0) is 24.6. The van der Waals surface area contributed by atoms with Crippen LogP contribution < -0.4 is 5.56 Å². The standard InChI is InChI=1S/C24H16ClFN2O4S2/c1-14-2-4-18-19(8-14)16(11-27)12-28(24(18)30)21-5-3-15(10-20(21)26)9-17(29)13-34(31,32)23-7-6-22(25)33-23/h2-8,10,12H,9,13H2,1H3. The summed E-state index contributed by atoms with van der Waals surface area (Å²) < 4.78 is 41.1. The summed E-state index contributed by atoms with van der Waals surface area (Å²) >= 11 is 6.63. The van der Waals surface area contributed by atoms with Crippen LogP contribution in [-0.2, 0) is 21.1 Å². The molecule has 0 aliphatic heterocycles. The maximum absolute atomic E-state index is 15.0. The Hall–Kier alpha value is -3.32. The molecule has 4 rings (SSSR count). The number of nitriles is 1. The number of aryl methyl sites for hydroxylation is 1.